The van der Waals surface area contributed by atoms with Crippen molar-refractivity contribution in [1.29, 1.82) is 0 Å². The first kappa shape index (κ1) is 17.0. The maximum Gasteiger partial charge on any atom is 0.229 e. The van der Waals surface area contributed by atoms with Crippen LogP contribution in [-0.2, 0) is 9.59 Å². The molecule has 0 aromatic heterocycles. The third-order valence-electron chi connectivity index (χ3n) is 4.41. The van der Waals surface area contributed by atoms with E-state index in [1.54, 1.807) is 4.90 Å². The van der Waals surface area contributed by atoms with E-state index in [0.29, 0.717) is 6.54 Å². The van der Waals surface area contributed by atoms with Gasteiger partial charge in [0.1, 0.15) is 0 Å². The molecule has 0 radical (unpaired) electrons. The standard InChI is InChI=1S/C19H19IN2O2/c1-12-3-8-17(9-13(12)2)22-11-14(10-18(22)23)19(24)21-16-6-4-15(20)5-7-16/h3-9,14H,10-11H2,1-2H3,(H,21,24)/t14-/m1/s1. The van der Waals surface area contributed by atoms with Gasteiger partial charge in [-0.2, -0.15) is 0 Å². The number of nitrogens with one attached hydrogen (secondary N) is 1. The van der Waals surface area contributed by atoms with Crippen LogP contribution in [0.25, 0.3) is 0 Å². The number of hydrogen-bond donors (Lipinski definition) is 1. The van der Waals surface area contributed by atoms with Crippen LogP contribution in [0.15, 0.2) is 42.5 Å². The van der Waals surface area contributed by atoms with Crippen molar-refractivity contribution in [3.63, 3.8) is 0 Å². The zero-order valence-corrected chi connectivity index (χ0v) is 15.8. The van der Waals surface area contributed by atoms with Gasteiger partial charge in [-0.15, -0.1) is 0 Å². The molecule has 1 fully saturated rings. The van der Waals surface area contributed by atoms with E-state index in [2.05, 4.69) is 27.9 Å². The highest BCUT2D eigenvalue weighted by atomic mass is 127. The van der Waals surface area contributed by atoms with E-state index in [0.717, 1.165) is 20.5 Å². The molecular formula is C19H19IN2O2. The number of benzene rings is 2. The van der Waals surface area contributed by atoms with Crippen molar-refractivity contribution in [2.75, 3.05) is 16.8 Å². The summed E-state index contributed by atoms with van der Waals surface area (Å²) in [5.41, 5.74) is 3.97. The summed E-state index contributed by atoms with van der Waals surface area (Å²) in [5, 5.41) is 2.90. The maximum absolute atomic E-state index is 12.5. The highest BCUT2D eigenvalue weighted by Gasteiger charge is 2.35. The molecule has 24 heavy (non-hydrogen) atoms. The quantitative estimate of drug-likeness (QED) is 0.746. The van der Waals surface area contributed by atoms with E-state index in [4.69, 9.17) is 0 Å². The summed E-state index contributed by atoms with van der Waals surface area (Å²) in [7, 11) is 0. The van der Waals surface area contributed by atoms with Crippen molar-refractivity contribution in [3.8, 4) is 0 Å². The number of hydrogen-bond acceptors (Lipinski definition) is 2. The number of anilines is 2. The zero-order valence-electron chi connectivity index (χ0n) is 13.7. The van der Waals surface area contributed by atoms with Crippen molar-refractivity contribution >= 4 is 45.8 Å². The molecule has 1 saturated heterocycles. The van der Waals surface area contributed by atoms with Gasteiger partial charge in [0.05, 0.1) is 5.92 Å². The second kappa shape index (κ2) is 6.93. The van der Waals surface area contributed by atoms with Crippen molar-refractivity contribution in [2.24, 2.45) is 5.92 Å². The third kappa shape index (κ3) is 3.61. The summed E-state index contributed by atoms with van der Waals surface area (Å²) < 4.78 is 1.11. The molecule has 5 heteroatoms. The molecule has 1 aliphatic heterocycles. The van der Waals surface area contributed by atoms with Crippen LogP contribution >= 0.6 is 22.6 Å². The summed E-state index contributed by atoms with van der Waals surface area (Å²) in [5.74, 6) is -0.421. The van der Waals surface area contributed by atoms with Gasteiger partial charge in [-0.25, -0.2) is 0 Å². The number of amides is 2. The Kier molecular flexibility index (Phi) is 4.89. The molecule has 0 spiro atoms. The molecule has 2 aromatic carbocycles. The summed E-state index contributed by atoms with van der Waals surface area (Å²) in [6, 6.07) is 13.6. The Balaban J connectivity index is 1.70. The first-order valence-corrected chi connectivity index (χ1v) is 8.96. The SMILES string of the molecule is Cc1ccc(N2C[C@H](C(=O)Nc3ccc(I)cc3)CC2=O)cc1C. The number of rotatable bonds is 3. The molecule has 2 aromatic rings. The predicted octanol–water partition coefficient (Wildman–Crippen LogP) is 3.90. The van der Waals surface area contributed by atoms with Crippen molar-refractivity contribution in [3.05, 3.63) is 57.2 Å². The number of halogens is 1. The molecule has 2 amide bonds. The number of nitrogens with zero attached hydrogens (tertiary/aromatic N) is 1. The van der Waals surface area contributed by atoms with Gasteiger partial charge in [0.15, 0.2) is 0 Å². The van der Waals surface area contributed by atoms with Crippen LogP contribution in [0.5, 0.6) is 0 Å². The van der Waals surface area contributed by atoms with Crippen LogP contribution in [0.2, 0.25) is 0 Å². The second-order valence-electron chi connectivity index (χ2n) is 6.17. The summed E-state index contributed by atoms with van der Waals surface area (Å²) in [4.78, 5) is 26.5. The van der Waals surface area contributed by atoms with Crippen LogP contribution < -0.4 is 10.2 Å². The largest absolute Gasteiger partial charge is 0.326 e. The molecule has 1 heterocycles. The minimum Gasteiger partial charge on any atom is -0.326 e. The average Bonchev–Trinajstić information content (AvgIpc) is 2.94. The maximum atomic E-state index is 12.5. The Morgan fingerprint density at radius 3 is 2.50 bits per heavy atom. The fourth-order valence-electron chi connectivity index (χ4n) is 2.80. The summed E-state index contributed by atoms with van der Waals surface area (Å²) >= 11 is 2.22. The van der Waals surface area contributed by atoms with E-state index >= 15 is 0 Å². The van der Waals surface area contributed by atoms with Crippen LogP contribution in [0.3, 0.4) is 0 Å². The Labute approximate surface area is 155 Å². The normalized spacial score (nSPS) is 17.2. The van der Waals surface area contributed by atoms with Crippen molar-refractivity contribution < 1.29 is 9.59 Å². The number of carbonyl (C=O) groups excluding carboxylic acids is 2. The van der Waals surface area contributed by atoms with Crippen LogP contribution in [0, 0.1) is 23.3 Å². The lowest BCUT2D eigenvalue weighted by Crippen LogP contribution is -2.28. The number of aryl methyl sites for hydroxylation is 2. The van der Waals surface area contributed by atoms with E-state index in [9.17, 15) is 9.59 Å². The molecule has 4 nitrogen and oxygen atoms in total. The minimum atomic E-state index is -0.321. The Bertz CT molecular complexity index is 786. The zero-order chi connectivity index (χ0) is 17.3. The highest BCUT2D eigenvalue weighted by molar-refractivity contribution is 14.1. The number of carbonyl (C=O) groups is 2. The Morgan fingerprint density at radius 1 is 1.12 bits per heavy atom. The molecule has 0 unspecified atom stereocenters. The van der Waals surface area contributed by atoms with Crippen molar-refractivity contribution in [1.82, 2.24) is 0 Å². The van der Waals surface area contributed by atoms with Gasteiger partial charge < -0.3 is 10.2 Å². The van der Waals surface area contributed by atoms with Crippen LogP contribution in [0.1, 0.15) is 17.5 Å². The highest BCUT2D eigenvalue weighted by Crippen LogP contribution is 2.27. The van der Waals surface area contributed by atoms with Gasteiger partial charge in [-0.05, 0) is 84.0 Å². The molecule has 124 valence electrons. The molecule has 1 atom stereocenters. The smallest absolute Gasteiger partial charge is 0.229 e. The topological polar surface area (TPSA) is 49.4 Å². The Hall–Kier alpha value is -1.89. The van der Waals surface area contributed by atoms with Gasteiger partial charge in [-0.3, -0.25) is 9.59 Å². The molecule has 1 N–H and O–H groups in total. The Morgan fingerprint density at radius 2 is 1.83 bits per heavy atom. The van der Waals surface area contributed by atoms with Gasteiger partial charge in [0, 0.05) is 27.9 Å². The molecular weight excluding hydrogens is 415 g/mol. The molecule has 1 aliphatic rings. The summed E-state index contributed by atoms with van der Waals surface area (Å²) in [6.45, 7) is 4.50. The lowest BCUT2D eigenvalue weighted by atomic mass is 10.1. The second-order valence-corrected chi connectivity index (χ2v) is 7.42. The van der Waals surface area contributed by atoms with Gasteiger partial charge in [-0.1, -0.05) is 6.07 Å². The fraction of sp³-hybridized carbons (Fsp3) is 0.263. The minimum absolute atomic E-state index is 0.000938. The lowest BCUT2D eigenvalue weighted by molar-refractivity contribution is -0.122. The monoisotopic (exact) mass is 434 g/mol. The summed E-state index contributed by atoms with van der Waals surface area (Å²) in [6.07, 6.45) is 0.253. The third-order valence-corrected chi connectivity index (χ3v) is 5.13. The van der Waals surface area contributed by atoms with Gasteiger partial charge in [0.2, 0.25) is 11.8 Å². The lowest BCUT2D eigenvalue weighted by Gasteiger charge is -2.18. The van der Waals surface area contributed by atoms with Crippen LogP contribution in [0.4, 0.5) is 11.4 Å². The molecule has 0 aliphatic carbocycles. The fourth-order valence-corrected chi connectivity index (χ4v) is 3.16. The van der Waals surface area contributed by atoms with E-state index in [1.807, 2.05) is 56.3 Å². The first-order valence-electron chi connectivity index (χ1n) is 7.88. The molecule has 0 saturated carbocycles. The van der Waals surface area contributed by atoms with E-state index in [1.165, 1.54) is 5.56 Å². The van der Waals surface area contributed by atoms with Gasteiger partial charge in [0.25, 0.3) is 0 Å². The van der Waals surface area contributed by atoms with E-state index < -0.39 is 0 Å². The van der Waals surface area contributed by atoms with Crippen LogP contribution in [-0.4, -0.2) is 18.4 Å². The molecule has 0 bridgehead atoms. The molecule has 3 rings (SSSR count). The van der Waals surface area contributed by atoms with Crippen molar-refractivity contribution in [2.45, 2.75) is 20.3 Å². The first-order chi connectivity index (χ1) is 11.4. The average molecular weight is 434 g/mol. The predicted molar refractivity (Wildman–Crippen MR) is 104 cm³/mol. The van der Waals surface area contributed by atoms with E-state index in [-0.39, 0.29) is 24.2 Å². The van der Waals surface area contributed by atoms with Gasteiger partial charge >= 0.3 is 0 Å².